The average molecular weight is 292 g/mol. The Hall–Kier alpha value is -2.64. The number of hydrogen-bond donors (Lipinski definition) is 1. The largest absolute Gasteiger partial charge is 0.360 e. The van der Waals surface area contributed by atoms with Crippen LogP contribution in [-0.4, -0.2) is 10.8 Å². The molecule has 0 fully saturated rings. The first-order valence-electron chi connectivity index (χ1n) is 6.48. The zero-order chi connectivity index (χ0) is 14.8. The van der Waals surface area contributed by atoms with Crippen LogP contribution in [-0.2, 0) is 0 Å². The SMILES string of the molecule is Cc1ccc(/C=C(/C#N)C(=O)c2c[nH]c3ccccc23)s1. The molecule has 1 N–H and O–H groups in total. The number of nitrogens with zero attached hydrogens (tertiary/aromatic N) is 1. The second-order valence-electron chi connectivity index (χ2n) is 4.70. The van der Waals surface area contributed by atoms with Crippen LogP contribution in [0.25, 0.3) is 17.0 Å². The first-order valence-corrected chi connectivity index (χ1v) is 7.30. The van der Waals surface area contributed by atoms with Crippen LogP contribution in [0.1, 0.15) is 20.1 Å². The van der Waals surface area contributed by atoms with Gasteiger partial charge >= 0.3 is 0 Å². The number of thiophene rings is 1. The lowest BCUT2D eigenvalue weighted by Gasteiger charge is -1.97. The number of benzene rings is 1. The Labute approximate surface area is 126 Å². The van der Waals surface area contributed by atoms with E-state index in [0.717, 1.165) is 20.7 Å². The molecule has 0 atom stereocenters. The van der Waals surface area contributed by atoms with Crippen LogP contribution in [0.15, 0.2) is 48.2 Å². The molecule has 3 nitrogen and oxygen atoms in total. The number of hydrogen-bond acceptors (Lipinski definition) is 3. The number of carbonyl (C=O) groups is 1. The molecule has 3 aromatic rings. The Morgan fingerprint density at radius 3 is 2.81 bits per heavy atom. The lowest BCUT2D eigenvalue weighted by molar-refractivity contribution is 0.104. The molecule has 0 radical (unpaired) electrons. The predicted octanol–water partition coefficient (Wildman–Crippen LogP) is 4.33. The van der Waals surface area contributed by atoms with Gasteiger partial charge in [-0.1, -0.05) is 18.2 Å². The molecule has 0 aliphatic carbocycles. The summed E-state index contributed by atoms with van der Waals surface area (Å²) in [7, 11) is 0. The number of para-hydroxylation sites is 1. The predicted molar refractivity (Wildman–Crippen MR) is 85.3 cm³/mol. The van der Waals surface area contributed by atoms with E-state index >= 15 is 0 Å². The summed E-state index contributed by atoms with van der Waals surface area (Å²) in [5, 5.41) is 10.1. The second-order valence-corrected chi connectivity index (χ2v) is 6.01. The fourth-order valence-electron chi connectivity index (χ4n) is 2.23. The van der Waals surface area contributed by atoms with Gasteiger partial charge in [-0.15, -0.1) is 11.3 Å². The Bertz CT molecular complexity index is 893. The molecule has 0 saturated carbocycles. The third-order valence-electron chi connectivity index (χ3n) is 3.25. The van der Waals surface area contributed by atoms with Gasteiger partial charge in [0.15, 0.2) is 0 Å². The van der Waals surface area contributed by atoms with Gasteiger partial charge < -0.3 is 4.98 Å². The number of aromatic nitrogens is 1. The number of rotatable bonds is 3. The molecule has 21 heavy (non-hydrogen) atoms. The van der Waals surface area contributed by atoms with E-state index in [4.69, 9.17) is 0 Å². The van der Waals surface area contributed by atoms with E-state index in [1.54, 1.807) is 23.6 Å². The molecule has 2 heterocycles. The van der Waals surface area contributed by atoms with Crippen molar-refractivity contribution < 1.29 is 4.79 Å². The van der Waals surface area contributed by atoms with Gasteiger partial charge in [0, 0.05) is 32.4 Å². The van der Waals surface area contributed by atoms with E-state index in [0.29, 0.717) is 5.56 Å². The molecular formula is C17H12N2OS. The summed E-state index contributed by atoms with van der Waals surface area (Å²) in [5.41, 5.74) is 1.58. The van der Waals surface area contributed by atoms with E-state index in [9.17, 15) is 10.1 Å². The first kappa shape index (κ1) is 13.3. The summed E-state index contributed by atoms with van der Waals surface area (Å²) in [5.74, 6) is -0.249. The van der Waals surface area contributed by atoms with Crippen molar-refractivity contribution in [2.45, 2.75) is 6.92 Å². The highest BCUT2D eigenvalue weighted by Gasteiger charge is 2.16. The van der Waals surface area contributed by atoms with Gasteiger partial charge in [-0.05, 0) is 31.2 Å². The van der Waals surface area contributed by atoms with E-state index < -0.39 is 0 Å². The van der Waals surface area contributed by atoms with Crippen molar-refractivity contribution in [3.8, 4) is 6.07 Å². The Balaban J connectivity index is 2.04. The van der Waals surface area contributed by atoms with Gasteiger partial charge in [0.1, 0.15) is 11.6 Å². The standard InChI is InChI=1S/C17H12N2OS/c1-11-6-7-13(21-11)8-12(9-18)17(20)15-10-19-16-5-3-2-4-14(15)16/h2-8,10,19H,1H3/b12-8-. The molecule has 0 spiro atoms. The van der Waals surface area contributed by atoms with Crippen LogP contribution in [0.2, 0.25) is 0 Å². The molecule has 1 aromatic carbocycles. The second kappa shape index (κ2) is 5.39. The quantitative estimate of drug-likeness (QED) is 0.444. The van der Waals surface area contributed by atoms with Crippen LogP contribution in [0.5, 0.6) is 0 Å². The summed E-state index contributed by atoms with van der Waals surface area (Å²) >= 11 is 1.56. The molecule has 3 rings (SSSR count). The minimum Gasteiger partial charge on any atom is -0.360 e. The molecule has 102 valence electrons. The highest BCUT2D eigenvalue weighted by molar-refractivity contribution is 7.12. The molecule has 4 heteroatoms. The van der Waals surface area contributed by atoms with E-state index in [1.165, 1.54) is 0 Å². The zero-order valence-corrected chi connectivity index (χ0v) is 12.2. The van der Waals surface area contributed by atoms with Gasteiger partial charge in [0.25, 0.3) is 0 Å². The van der Waals surface area contributed by atoms with E-state index in [-0.39, 0.29) is 11.4 Å². The van der Waals surface area contributed by atoms with Crippen LogP contribution in [0, 0.1) is 18.3 Å². The van der Waals surface area contributed by atoms with Crippen molar-refractivity contribution in [1.29, 1.82) is 5.26 Å². The molecule has 0 amide bonds. The van der Waals surface area contributed by atoms with Crippen LogP contribution in [0.4, 0.5) is 0 Å². The number of nitrogens with one attached hydrogen (secondary N) is 1. The fraction of sp³-hybridized carbons (Fsp3) is 0.0588. The van der Waals surface area contributed by atoms with Gasteiger partial charge in [0.05, 0.1) is 0 Å². The van der Waals surface area contributed by atoms with Crippen molar-refractivity contribution >= 4 is 34.1 Å². The minimum absolute atomic E-state index is 0.154. The van der Waals surface area contributed by atoms with Crippen LogP contribution < -0.4 is 0 Å². The van der Waals surface area contributed by atoms with Crippen LogP contribution in [0.3, 0.4) is 0 Å². The maximum Gasteiger partial charge on any atom is 0.205 e. The molecule has 0 bridgehead atoms. The molecule has 0 unspecified atom stereocenters. The maximum atomic E-state index is 12.6. The summed E-state index contributed by atoms with van der Waals surface area (Å²) in [6.07, 6.45) is 3.32. The number of Topliss-reactive ketones (excluding diaryl/α,β-unsaturated/α-hetero) is 1. The molecule has 0 saturated heterocycles. The highest BCUT2D eigenvalue weighted by Crippen LogP contribution is 2.23. The zero-order valence-electron chi connectivity index (χ0n) is 11.4. The van der Waals surface area contributed by atoms with Gasteiger partial charge in [-0.25, -0.2) is 0 Å². The number of carbonyl (C=O) groups excluding carboxylic acids is 1. The third kappa shape index (κ3) is 2.51. The van der Waals surface area contributed by atoms with Crippen molar-refractivity contribution in [3.05, 3.63) is 63.5 Å². The number of aromatic amines is 1. The third-order valence-corrected chi connectivity index (χ3v) is 4.19. The Morgan fingerprint density at radius 1 is 1.29 bits per heavy atom. The Kier molecular flexibility index (Phi) is 3.43. The van der Waals surface area contributed by atoms with E-state index in [1.807, 2.05) is 49.4 Å². The molecular weight excluding hydrogens is 280 g/mol. The lowest BCUT2D eigenvalue weighted by atomic mass is 10.0. The molecule has 2 aromatic heterocycles. The van der Waals surface area contributed by atoms with Gasteiger partial charge in [-0.3, -0.25) is 4.79 Å². The highest BCUT2D eigenvalue weighted by atomic mass is 32.1. The van der Waals surface area contributed by atoms with Crippen molar-refractivity contribution in [2.75, 3.05) is 0 Å². The summed E-state index contributed by atoms with van der Waals surface area (Å²) in [6.45, 7) is 2.00. The monoisotopic (exact) mass is 292 g/mol. The number of H-pyrrole nitrogens is 1. The number of nitriles is 1. The Morgan fingerprint density at radius 2 is 2.10 bits per heavy atom. The topological polar surface area (TPSA) is 56.6 Å². The number of aryl methyl sites for hydroxylation is 1. The lowest BCUT2D eigenvalue weighted by Crippen LogP contribution is -2.00. The first-order chi connectivity index (χ1) is 10.2. The normalized spacial score (nSPS) is 11.5. The summed E-state index contributed by atoms with van der Waals surface area (Å²) in [4.78, 5) is 17.7. The summed E-state index contributed by atoms with van der Waals surface area (Å²) in [6, 6.07) is 13.5. The number of allylic oxidation sites excluding steroid dienone is 1. The average Bonchev–Trinajstić information content (AvgIpc) is 3.10. The number of ketones is 1. The maximum absolute atomic E-state index is 12.6. The minimum atomic E-state index is -0.249. The van der Waals surface area contributed by atoms with Gasteiger partial charge in [-0.2, -0.15) is 5.26 Å². The van der Waals surface area contributed by atoms with Crippen molar-refractivity contribution in [1.82, 2.24) is 4.98 Å². The van der Waals surface area contributed by atoms with E-state index in [2.05, 4.69) is 4.98 Å². The van der Waals surface area contributed by atoms with Gasteiger partial charge in [0.2, 0.25) is 5.78 Å². The smallest absolute Gasteiger partial charge is 0.205 e. The summed E-state index contributed by atoms with van der Waals surface area (Å²) < 4.78 is 0. The fourth-order valence-corrected chi connectivity index (χ4v) is 3.05. The van der Waals surface area contributed by atoms with Crippen molar-refractivity contribution in [3.63, 3.8) is 0 Å². The molecule has 0 aliphatic heterocycles. The van der Waals surface area contributed by atoms with Crippen LogP contribution >= 0.6 is 11.3 Å². The van der Waals surface area contributed by atoms with Crippen molar-refractivity contribution in [2.24, 2.45) is 0 Å². The molecule has 0 aliphatic rings. The number of fused-ring (bicyclic) bond motifs is 1.